The number of nitrogens with one attached hydrogen (secondary N) is 1. The lowest BCUT2D eigenvalue weighted by Crippen LogP contribution is -2.53. The summed E-state index contributed by atoms with van der Waals surface area (Å²) in [6, 6.07) is -1.73. The molecule has 0 aliphatic carbocycles. The number of carboxylic acids is 1. The molecule has 1 aliphatic rings. The number of piperidine rings is 1. The molecule has 1 rings (SSSR count). The Morgan fingerprint density at radius 2 is 2.26 bits per heavy atom. The van der Waals surface area contributed by atoms with Gasteiger partial charge >= 0.3 is 12.0 Å². The number of carbonyl (C=O) groups excluding carboxylic acids is 1. The number of hydrogen-bond donors (Lipinski definition) is 3. The van der Waals surface area contributed by atoms with Crippen LogP contribution in [-0.2, 0) is 9.53 Å². The summed E-state index contributed by atoms with van der Waals surface area (Å²) in [5.74, 6) is -1.24. The Hall–Kier alpha value is -1.34. The number of nitrogens with zero attached hydrogens (tertiary/aromatic N) is 1. The zero-order chi connectivity index (χ0) is 14.3. The zero-order valence-corrected chi connectivity index (χ0v) is 11.2. The van der Waals surface area contributed by atoms with Crippen LogP contribution in [0.1, 0.15) is 26.2 Å². The van der Waals surface area contributed by atoms with Gasteiger partial charge in [-0.15, -0.1) is 0 Å². The molecule has 1 aliphatic heterocycles. The third kappa shape index (κ3) is 5.04. The Balaban J connectivity index is 2.45. The monoisotopic (exact) mass is 274 g/mol. The number of carbonyl (C=O) groups is 2. The average molecular weight is 274 g/mol. The first-order valence-electron chi connectivity index (χ1n) is 6.59. The van der Waals surface area contributed by atoms with Gasteiger partial charge in [0.15, 0.2) is 6.04 Å². The molecule has 110 valence electrons. The van der Waals surface area contributed by atoms with E-state index in [2.05, 4.69) is 5.32 Å². The lowest BCUT2D eigenvalue weighted by Gasteiger charge is -2.33. The smallest absolute Gasteiger partial charge is 0.328 e. The van der Waals surface area contributed by atoms with Crippen molar-refractivity contribution in [2.45, 2.75) is 38.3 Å². The van der Waals surface area contributed by atoms with Crippen molar-refractivity contribution in [2.24, 2.45) is 0 Å². The molecule has 0 radical (unpaired) electrons. The van der Waals surface area contributed by atoms with Crippen LogP contribution < -0.4 is 5.32 Å². The van der Waals surface area contributed by atoms with Crippen molar-refractivity contribution in [3.8, 4) is 0 Å². The van der Waals surface area contributed by atoms with Gasteiger partial charge in [0.05, 0.1) is 12.7 Å². The summed E-state index contributed by atoms with van der Waals surface area (Å²) in [5, 5.41) is 19.9. The highest BCUT2D eigenvalue weighted by Gasteiger charge is 2.27. The van der Waals surface area contributed by atoms with Gasteiger partial charge in [-0.1, -0.05) is 6.92 Å². The van der Waals surface area contributed by atoms with Crippen molar-refractivity contribution < 1.29 is 24.5 Å². The van der Waals surface area contributed by atoms with Gasteiger partial charge in [0.25, 0.3) is 0 Å². The maximum Gasteiger partial charge on any atom is 0.328 e. The highest BCUT2D eigenvalue weighted by molar-refractivity contribution is 5.82. The van der Waals surface area contributed by atoms with Crippen LogP contribution in [0.2, 0.25) is 0 Å². The van der Waals surface area contributed by atoms with E-state index in [0.717, 1.165) is 19.3 Å². The number of aliphatic hydroxyl groups excluding tert-OH is 1. The Kier molecular flexibility index (Phi) is 6.58. The Morgan fingerprint density at radius 1 is 1.53 bits per heavy atom. The van der Waals surface area contributed by atoms with Gasteiger partial charge < -0.3 is 25.2 Å². The second-order valence-corrected chi connectivity index (χ2v) is 4.60. The molecule has 7 nitrogen and oxygen atoms in total. The van der Waals surface area contributed by atoms with E-state index in [9.17, 15) is 9.59 Å². The van der Waals surface area contributed by atoms with E-state index in [-0.39, 0.29) is 6.10 Å². The Bertz CT molecular complexity index is 310. The third-order valence-corrected chi connectivity index (χ3v) is 3.00. The number of ether oxygens (including phenoxy) is 1. The summed E-state index contributed by atoms with van der Waals surface area (Å²) in [7, 11) is 0. The fraction of sp³-hybridized carbons (Fsp3) is 0.833. The number of carboxylic acid groups (broad SMARTS) is 1. The molecule has 1 saturated heterocycles. The molecule has 2 amide bonds. The van der Waals surface area contributed by atoms with Gasteiger partial charge in [-0.2, -0.15) is 0 Å². The number of aliphatic carboxylic acids is 1. The molecule has 0 saturated carbocycles. The Morgan fingerprint density at radius 3 is 2.84 bits per heavy atom. The summed E-state index contributed by atoms with van der Waals surface area (Å²) in [5.41, 5.74) is 0. The van der Waals surface area contributed by atoms with E-state index in [0.29, 0.717) is 19.7 Å². The number of rotatable bonds is 6. The summed E-state index contributed by atoms with van der Waals surface area (Å²) in [4.78, 5) is 24.1. The van der Waals surface area contributed by atoms with Crippen LogP contribution in [0.3, 0.4) is 0 Å². The van der Waals surface area contributed by atoms with Crippen LogP contribution in [0, 0.1) is 0 Å². The number of hydrogen-bond acceptors (Lipinski definition) is 4. The summed E-state index contributed by atoms with van der Waals surface area (Å²) >= 11 is 0. The van der Waals surface area contributed by atoms with Crippen LogP contribution in [0.25, 0.3) is 0 Å². The minimum absolute atomic E-state index is 0.0110. The molecule has 7 heteroatoms. The van der Waals surface area contributed by atoms with Crippen molar-refractivity contribution in [1.82, 2.24) is 10.2 Å². The van der Waals surface area contributed by atoms with Gasteiger partial charge in [0.2, 0.25) is 0 Å². The lowest BCUT2D eigenvalue weighted by molar-refractivity contribution is -0.140. The third-order valence-electron chi connectivity index (χ3n) is 3.00. The molecule has 3 N–H and O–H groups in total. The number of urea groups is 1. The van der Waals surface area contributed by atoms with E-state index in [1.54, 1.807) is 0 Å². The fourth-order valence-corrected chi connectivity index (χ4v) is 1.97. The normalized spacial score (nSPS) is 20.9. The van der Waals surface area contributed by atoms with Gasteiger partial charge in [-0.05, 0) is 19.3 Å². The fourth-order valence-electron chi connectivity index (χ4n) is 1.97. The zero-order valence-electron chi connectivity index (χ0n) is 11.2. The molecule has 0 aromatic carbocycles. The molecule has 0 aromatic heterocycles. The molecule has 0 bridgehead atoms. The van der Waals surface area contributed by atoms with Crippen molar-refractivity contribution >= 4 is 12.0 Å². The lowest BCUT2D eigenvalue weighted by atomic mass is 10.1. The van der Waals surface area contributed by atoms with E-state index in [4.69, 9.17) is 14.9 Å². The van der Waals surface area contributed by atoms with E-state index in [1.165, 1.54) is 4.90 Å². The first kappa shape index (κ1) is 15.7. The minimum atomic E-state index is -1.26. The van der Waals surface area contributed by atoms with Gasteiger partial charge in [0.1, 0.15) is 0 Å². The maximum atomic E-state index is 11.9. The summed E-state index contributed by atoms with van der Waals surface area (Å²) < 4.78 is 5.60. The molecule has 1 heterocycles. The number of aliphatic hydroxyl groups is 1. The quantitative estimate of drug-likeness (QED) is 0.635. The molecule has 2 atom stereocenters. The van der Waals surface area contributed by atoms with Gasteiger partial charge in [0, 0.05) is 19.7 Å². The molecule has 19 heavy (non-hydrogen) atoms. The second kappa shape index (κ2) is 7.96. The molecule has 0 aromatic rings. The highest BCUT2D eigenvalue weighted by Crippen LogP contribution is 2.13. The number of amides is 2. The topological polar surface area (TPSA) is 99.1 Å². The molecule has 2 unspecified atom stereocenters. The largest absolute Gasteiger partial charge is 0.480 e. The predicted molar refractivity (Wildman–Crippen MR) is 67.9 cm³/mol. The van der Waals surface area contributed by atoms with Crippen molar-refractivity contribution in [3.05, 3.63) is 0 Å². The first-order valence-corrected chi connectivity index (χ1v) is 6.59. The SMILES string of the molecule is CCCOC1CCCN(C(=O)NC(CO)C(=O)O)C1. The molecular formula is C12H22N2O5. The van der Waals surface area contributed by atoms with E-state index >= 15 is 0 Å². The standard InChI is InChI=1S/C12H22N2O5/c1-2-6-19-9-4-3-5-14(7-9)12(18)13-10(8-15)11(16)17/h9-10,15H,2-8H2,1H3,(H,13,18)(H,16,17). The van der Waals surface area contributed by atoms with Crippen molar-refractivity contribution in [2.75, 3.05) is 26.3 Å². The molecular weight excluding hydrogens is 252 g/mol. The van der Waals surface area contributed by atoms with Gasteiger partial charge in [-0.25, -0.2) is 9.59 Å². The van der Waals surface area contributed by atoms with E-state index in [1.807, 2.05) is 6.92 Å². The minimum Gasteiger partial charge on any atom is -0.480 e. The maximum absolute atomic E-state index is 11.9. The van der Waals surface area contributed by atoms with E-state index < -0.39 is 24.6 Å². The highest BCUT2D eigenvalue weighted by atomic mass is 16.5. The van der Waals surface area contributed by atoms with Crippen LogP contribution in [0.15, 0.2) is 0 Å². The van der Waals surface area contributed by atoms with Crippen LogP contribution >= 0.6 is 0 Å². The summed E-state index contributed by atoms with van der Waals surface area (Å²) in [6.45, 7) is 3.10. The van der Waals surface area contributed by atoms with Crippen molar-refractivity contribution in [1.29, 1.82) is 0 Å². The second-order valence-electron chi connectivity index (χ2n) is 4.60. The van der Waals surface area contributed by atoms with Gasteiger partial charge in [-0.3, -0.25) is 0 Å². The predicted octanol–water partition coefficient (Wildman–Crippen LogP) is 0.0325. The van der Waals surface area contributed by atoms with Crippen LogP contribution in [0.4, 0.5) is 4.79 Å². The first-order chi connectivity index (χ1) is 9.08. The summed E-state index contributed by atoms with van der Waals surface area (Å²) in [6.07, 6.45) is 2.68. The Labute approximate surface area is 112 Å². The van der Waals surface area contributed by atoms with Crippen LogP contribution in [-0.4, -0.2) is 65.6 Å². The molecule has 1 fully saturated rings. The average Bonchev–Trinajstić information content (AvgIpc) is 2.42. The number of likely N-dealkylation sites (tertiary alicyclic amines) is 1. The van der Waals surface area contributed by atoms with Crippen LogP contribution in [0.5, 0.6) is 0 Å². The molecule has 0 spiro atoms. The van der Waals surface area contributed by atoms with Crippen molar-refractivity contribution in [3.63, 3.8) is 0 Å².